The van der Waals surface area contributed by atoms with Crippen LogP contribution in [0.25, 0.3) is 0 Å². The molecule has 0 aliphatic carbocycles. The molecule has 1 aliphatic rings. The van der Waals surface area contributed by atoms with Crippen molar-refractivity contribution < 1.29 is 0 Å². The molecule has 2 rings (SSSR count). The van der Waals surface area contributed by atoms with Crippen molar-refractivity contribution in [2.24, 2.45) is 0 Å². The molecule has 0 N–H and O–H groups in total. The highest BCUT2D eigenvalue weighted by Gasteiger charge is 2.21. The fourth-order valence-electron chi connectivity index (χ4n) is 2.42. The summed E-state index contributed by atoms with van der Waals surface area (Å²) in [5.41, 5.74) is 1.35. The van der Waals surface area contributed by atoms with Gasteiger partial charge in [-0.25, -0.2) is 0 Å². The van der Waals surface area contributed by atoms with E-state index in [4.69, 9.17) is 5.26 Å². The average molecular weight is 214 g/mol. The van der Waals surface area contributed by atoms with Crippen LogP contribution in [0, 0.1) is 11.3 Å². The molecule has 2 nitrogen and oxygen atoms in total. The minimum atomic E-state index is 0.471. The molecule has 1 aromatic carbocycles. The summed E-state index contributed by atoms with van der Waals surface area (Å²) >= 11 is 0. The second-order valence-electron chi connectivity index (χ2n) is 4.47. The highest BCUT2D eigenvalue weighted by molar-refractivity contribution is 5.14. The normalized spacial score (nSPS) is 21.6. The molecule has 1 atom stereocenters. The lowest BCUT2D eigenvalue weighted by Gasteiger charge is -2.34. The Balaban J connectivity index is 1.99. The third kappa shape index (κ3) is 2.84. The highest BCUT2D eigenvalue weighted by Crippen LogP contribution is 2.21. The van der Waals surface area contributed by atoms with Gasteiger partial charge in [0.25, 0.3) is 0 Å². The van der Waals surface area contributed by atoms with Gasteiger partial charge in [0.2, 0.25) is 0 Å². The summed E-state index contributed by atoms with van der Waals surface area (Å²) in [7, 11) is 0. The zero-order valence-electron chi connectivity index (χ0n) is 9.60. The first-order valence-electron chi connectivity index (χ1n) is 6.05. The molecule has 0 spiro atoms. The summed E-state index contributed by atoms with van der Waals surface area (Å²) in [4.78, 5) is 2.46. The van der Waals surface area contributed by atoms with E-state index >= 15 is 0 Å². The number of benzene rings is 1. The predicted octanol–water partition coefficient (Wildman–Crippen LogP) is 2.95. The summed E-state index contributed by atoms with van der Waals surface area (Å²) in [6, 6.07) is 13.3. The maximum absolute atomic E-state index is 8.83. The Morgan fingerprint density at radius 1 is 1.25 bits per heavy atom. The number of likely N-dealkylation sites (tertiary alicyclic amines) is 1. The summed E-state index contributed by atoms with van der Waals surface area (Å²) < 4.78 is 0. The molecule has 2 heteroatoms. The maximum Gasteiger partial charge on any atom is 0.0638 e. The molecule has 1 aromatic rings. The van der Waals surface area contributed by atoms with E-state index in [0.717, 1.165) is 13.1 Å². The highest BCUT2D eigenvalue weighted by atomic mass is 15.2. The topological polar surface area (TPSA) is 27.0 Å². The van der Waals surface area contributed by atoms with Crippen molar-refractivity contribution in [1.29, 1.82) is 5.26 Å². The molecule has 1 aliphatic heterocycles. The van der Waals surface area contributed by atoms with E-state index in [-0.39, 0.29) is 0 Å². The minimum Gasteiger partial charge on any atom is -0.295 e. The quantitative estimate of drug-likeness (QED) is 0.773. The molecular weight excluding hydrogens is 196 g/mol. The number of nitrogens with zero attached hydrogens (tertiary/aromatic N) is 2. The van der Waals surface area contributed by atoms with Crippen molar-refractivity contribution in [3.05, 3.63) is 35.9 Å². The lowest BCUT2D eigenvalue weighted by Crippen LogP contribution is -2.38. The van der Waals surface area contributed by atoms with Gasteiger partial charge < -0.3 is 0 Å². The Morgan fingerprint density at radius 3 is 2.81 bits per heavy atom. The molecule has 1 saturated heterocycles. The van der Waals surface area contributed by atoms with E-state index < -0.39 is 0 Å². The van der Waals surface area contributed by atoms with Crippen LogP contribution in [-0.4, -0.2) is 17.5 Å². The maximum atomic E-state index is 8.83. The number of rotatable bonds is 3. The minimum absolute atomic E-state index is 0.471. The Hall–Kier alpha value is -1.33. The Bertz CT molecular complexity index is 353. The van der Waals surface area contributed by atoms with Crippen LogP contribution < -0.4 is 0 Å². The molecule has 0 saturated carbocycles. The lowest BCUT2D eigenvalue weighted by atomic mass is 9.99. The van der Waals surface area contributed by atoms with E-state index in [9.17, 15) is 0 Å². The van der Waals surface area contributed by atoms with Crippen molar-refractivity contribution in [1.82, 2.24) is 4.90 Å². The van der Waals surface area contributed by atoms with Crippen molar-refractivity contribution in [3.8, 4) is 6.07 Å². The second kappa shape index (κ2) is 5.67. The van der Waals surface area contributed by atoms with Gasteiger partial charge in [-0.3, -0.25) is 4.90 Å². The largest absolute Gasteiger partial charge is 0.295 e. The van der Waals surface area contributed by atoms with Crippen LogP contribution in [0.15, 0.2) is 30.3 Å². The smallest absolute Gasteiger partial charge is 0.0638 e. The fraction of sp³-hybridized carbons (Fsp3) is 0.500. The second-order valence-corrected chi connectivity index (χ2v) is 4.47. The Morgan fingerprint density at radius 2 is 2.06 bits per heavy atom. The van der Waals surface area contributed by atoms with Crippen LogP contribution in [0.2, 0.25) is 0 Å². The molecule has 1 unspecified atom stereocenters. The van der Waals surface area contributed by atoms with Gasteiger partial charge in [0.1, 0.15) is 0 Å². The lowest BCUT2D eigenvalue weighted by molar-refractivity contribution is 0.142. The molecule has 1 heterocycles. The van der Waals surface area contributed by atoms with E-state index in [2.05, 4.69) is 35.2 Å². The standard InChI is InChI=1S/C14H18N2/c15-10-9-14-8-4-5-11-16(14)12-13-6-2-1-3-7-13/h1-3,6-7,14H,4-5,8-9,11-12H2. The van der Waals surface area contributed by atoms with Crippen molar-refractivity contribution >= 4 is 0 Å². The molecule has 0 amide bonds. The van der Waals surface area contributed by atoms with Crippen LogP contribution in [0.4, 0.5) is 0 Å². The first-order valence-corrected chi connectivity index (χ1v) is 6.05. The van der Waals surface area contributed by atoms with E-state index in [1.165, 1.54) is 24.8 Å². The summed E-state index contributed by atoms with van der Waals surface area (Å²) in [6.07, 6.45) is 4.40. The molecule has 1 fully saturated rings. The first-order chi connectivity index (χ1) is 7.90. The average Bonchev–Trinajstić information content (AvgIpc) is 2.33. The van der Waals surface area contributed by atoms with Crippen LogP contribution in [0.5, 0.6) is 0 Å². The number of hydrogen-bond donors (Lipinski definition) is 0. The Kier molecular flexibility index (Phi) is 3.96. The van der Waals surface area contributed by atoms with Crippen LogP contribution >= 0.6 is 0 Å². The van der Waals surface area contributed by atoms with Crippen LogP contribution in [-0.2, 0) is 6.54 Å². The van der Waals surface area contributed by atoms with Gasteiger partial charge in [-0.05, 0) is 24.9 Å². The van der Waals surface area contributed by atoms with E-state index in [0.29, 0.717) is 12.5 Å². The number of nitriles is 1. The summed E-state index contributed by atoms with van der Waals surface area (Å²) in [5, 5.41) is 8.83. The van der Waals surface area contributed by atoms with E-state index in [1.807, 2.05) is 6.07 Å². The summed E-state index contributed by atoms with van der Waals surface area (Å²) in [5.74, 6) is 0. The molecule has 0 aromatic heterocycles. The SMILES string of the molecule is N#CCC1CCCCN1Cc1ccccc1. The molecule has 16 heavy (non-hydrogen) atoms. The van der Waals surface area contributed by atoms with Gasteiger partial charge >= 0.3 is 0 Å². The molecule has 84 valence electrons. The predicted molar refractivity (Wildman–Crippen MR) is 64.7 cm³/mol. The van der Waals surface area contributed by atoms with Gasteiger partial charge in [0.05, 0.1) is 12.5 Å². The molecular formula is C14H18N2. The van der Waals surface area contributed by atoms with Crippen molar-refractivity contribution in [2.45, 2.75) is 38.3 Å². The summed E-state index contributed by atoms with van der Waals surface area (Å²) in [6.45, 7) is 2.13. The Labute approximate surface area is 97.5 Å². The third-order valence-electron chi connectivity index (χ3n) is 3.30. The van der Waals surface area contributed by atoms with Crippen molar-refractivity contribution in [2.75, 3.05) is 6.54 Å². The van der Waals surface area contributed by atoms with Crippen molar-refractivity contribution in [3.63, 3.8) is 0 Å². The monoisotopic (exact) mass is 214 g/mol. The fourth-order valence-corrected chi connectivity index (χ4v) is 2.42. The zero-order valence-corrected chi connectivity index (χ0v) is 9.60. The first kappa shape index (κ1) is 11.2. The molecule has 0 radical (unpaired) electrons. The van der Waals surface area contributed by atoms with Gasteiger partial charge in [0.15, 0.2) is 0 Å². The third-order valence-corrected chi connectivity index (χ3v) is 3.30. The van der Waals surface area contributed by atoms with Gasteiger partial charge in [-0.15, -0.1) is 0 Å². The van der Waals surface area contributed by atoms with Gasteiger partial charge in [0, 0.05) is 12.6 Å². The van der Waals surface area contributed by atoms with Gasteiger partial charge in [-0.1, -0.05) is 36.8 Å². The van der Waals surface area contributed by atoms with Crippen LogP contribution in [0.1, 0.15) is 31.2 Å². The number of hydrogen-bond acceptors (Lipinski definition) is 2. The zero-order chi connectivity index (χ0) is 11.2. The van der Waals surface area contributed by atoms with Gasteiger partial charge in [-0.2, -0.15) is 5.26 Å². The van der Waals surface area contributed by atoms with Crippen LogP contribution in [0.3, 0.4) is 0 Å². The number of piperidine rings is 1. The molecule has 0 bridgehead atoms. The van der Waals surface area contributed by atoms with E-state index in [1.54, 1.807) is 0 Å².